The van der Waals surface area contributed by atoms with Gasteiger partial charge in [-0.1, -0.05) is 58.0 Å². The third-order valence-corrected chi connectivity index (χ3v) is 8.11. The third kappa shape index (κ3) is 14.2. The van der Waals surface area contributed by atoms with Gasteiger partial charge in [-0.25, -0.2) is 4.79 Å². The number of ether oxygens (including phenoxy) is 1. The first-order chi connectivity index (χ1) is 21.4. The maximum absolute atomic E-state index is 13.6. The molecule has 0 saturated carbocycles. The number of thioether (sulfide) groups is 1. The third-order valence-electron chi connectivity index (χ3n) is 7.46. The van der Waals surface area contributed by atoms with E-state index < -0.39 is 36.0 Å². The van der Waals surface area contributed by atoms with E-state index in [0.29, 0.717) is 31.6 Å². The zero-order valence-corrected chi connectivity index (χ0v) is 28.5. The van der Waals surface area contributed by atoms with Crippen molar-refractivity contribution in [3.8, 4) is 0 Å². The van der Waals surface area contributed by atoms with Crippen LogP contribution in [-0.2, 0) is 30.3 Å². The molecule has 11 nitrogen and oxygen atoms in total. The van der Waals surface area contributed by atoms with Crippen LogP contribution in [0.1, 0.15) is 72.3 Å². The Balaban J connectivity index is 2.07. The molecule has 12 heteroatoms. The molecule has 1 aromatic carbocycles. The summed E-state index contributed by atoms with van der Waals surface area (Å²) in [6.07, 6.45) is 4.42. The lowest BCUT2D eigenvalue weighted by atomic mass is 9.92. The highest BCUT2D eigenvalue weighted by Gasteiger charge is 2.34. The van der Waals surface area contributed by atoms with Crippen LogP contribution in [0.3, 0.4) is 0 Å². The van der Waals surface area contributed by atoms with Crippen LogP contribution in [0.4, 0.5) is 4.79 Å². The standard InChI is InChI=1S/C33H53N5O6S/c1-21(2)18-27(36-31(41)26(15-17-45-6)38-33(43)44-20-22(3)4)32(42)37-28(19-24-12-8-7-9-13-24)30(40)34-16-11-10-14-25-29(39)23(5)35-25/h7-9,12-13,21-23,25-28,35H,10-11,14-20H2,1-6H3,(H,34,40)(H,36,41)(H,37,42)(H,38,43). The van der Waals surface area contributed by atoms with Gasteiger partial charge in [-0.05, 0) is 68.4 Å². The molecule has 1 heterocycles. The molecule has 252 valence electrons. The van der Waals surface area contributed by atoms with Crippen LogP contribution in [0, 0.1) is 11.8 Å². The smallest absolute Gasteiger partial charge is 0.407 e. The minimum atomic E-state index is -0.913. The lowest BCUT2D eigenvalue weighted by Crippen LogP contribution is -2.60. The summed E-state index contributed by atoms with van der Waals surface area (Å²) < 4.78 is 5.21. The molecule has 0 aromatic heterocycles. The quantitative estimate of drug-likeness (QED) is 0.135. The normalized spacial score (nSPS) is 18.0. The summed E-state index contributed by atoms with van der Waals surface area (Å²) in [4.78, 5) is 64.5. The Hall–Kier alpha value is -3.12. The molecule has 1 aromatic rings. The number of ketones is 1. The van der Waals surface area contributed by atoms with Crippen molar-refractivity contribution in [2.75, 3.05) is 25.2 Å². The van der Waals surface area contributed by atoms with E-state index >= 15 is 0 Å². The van der Waals surface area contributed by atoms with Crippen molar-refractivity contribution >= 4 is 41.4 Å². The Morgan fingerprint density at radius 3 is 2.16 bits per heavy atom. The molecular weight excluding hydrogens is 594 g/mol. The average molecular weight is 648 g/mol. The number of alkyl carbamates (subject to hydrolysis) is 1. The molecule has 5 atom stereocenters. The van der Waals surface area contributed by atoms with Gasteiger partial charge in [-0.3, -0.25) is 24.5 Å². The van der Waals surface area contributed by atoms with Crippen molar-refractivity contribution in [3.05, 3.63) is 35.9 Å². The van der Waals surface area contributed by atoms with Gasteiger partial charge >= 0.3 is 6.09 Å². The van der Waals surface area contributed by atoms with Gasteiger partial charge in [0.15, 0.2) is 5.78 Å². The van der Waals surface area contributed by atoms with Crippen molar-refractivity contribution < 1.29 is 28.7 Å². The van der Waals surface area contributed by atoms with E-state index in [0.717, 1.165) is 18.4 Å². The van der Waals surface area contributed by atoms with Crippen LogP contribution in [0.25, 0.3) is 0 Å². The first kappa shape index (κ1) is 38.1. The van der Waals surface area contributed by atoms with Gasteiger partial charge in [0.2, 0.25) is 17.7 Å². The lowest BCUT2D eigenvalue weighted by molar-refractivity contribution is -0.133. The van der Waals surface area contributed by atoms with E-state index in [2.05, 4.69) is 26.6 Å². The molecule has 2 rings (SSSR count). The van der Waals surface area contributed by atoms with Gasteiger partial charge in [-0.15, -0.1) is 0 Å². The Morgan fingerprint density at radius 2 is 1.56 bits per heavy atom. The van der Waals surface area contributed by atoms with Crippen molar-refractivity contribution in [3.63, 3.8) is 0 Å². The fourth-order valence-corrected chi connectivity index (χ4v) is 5.41. The van der Waals surface area contributed by atoms with Crippen LogP contribution >= 0.6 is 11.8 Å². The number of carbonyl (C=O) groups excluding carboxylic acids is 5. The Bertz CT molecular complexity index is 1100. The molecule has 5 N–H and O–H groups in total. The number of rotatable bonds is 20. The van der Waals surface area contributed by atoms with E-state index in [-0.39, 0.29) is 48.6 Å². The SMILES string of the molecule is CSCCC(NC(=O)OCC(C)C)C(=O)NC(CC(C)C)C(=O)NC(Cc1ccccc1)C(=O)NCCCCC1NC(C)C1=O. The van der Waals surface area contributed by atoms with Crippen LogP contribution in [0.5, 0.6) is 0 Å². The van der Waals surface area contributed by atoms with E-state index in [1.54, 1.807) is 11.8 Å². The number of carbonyl (C=O) groups is 5. The molecule has 1 aliphatic heterocycles. The van der Waals surface area contributed by atoms with Crippen LogP contribution in [0.2, 0.25) is 0 Å². The molecule has 0 aliphatic carbocycles. The van der Waals surface area contributed by atoms with Crippen LogP contribution in [-0.4, -0.2) is 85.0 Å². The summed E-state index contributed by atoms with van der Waals surface area (Å²) >= 11 is 1.54. The predicted molar refractivity (Wildman–Crippen MR) is 178 cm³/mol. The summed E-state index contributed by atoms with van der Waals surface area (Å²) in [5, 5.41) is 14.5. The topological polar surface area (TPSA) is 155 Å². The second-order valence-corrected chi connectivity index (χ2v) is 13.5. The molecule has 5 unspecified atom stereocenters. The molecule has 1 saturated heterocycles. The van der Waals surface area contributed by atoms with Crippen molar-refractivity contribution in [1.29, 1.82) is 0 Å². The first-order valence-electron chi connectivity index (χ1n) is 16.1. The number of amides is 4. The van der Waals surface area contributed by atoms with E-state index in [4.69, 9.17) is 4.74 Å². The number of unbranched alkanes of at least 4 members (excludes halogenated alkanes) is 1. The minimum Gasteiger partial charge on any atom is -0.449 e. The molecule has 0 radical (unpaired) electrons. The highest BCUT2D eigenvalue weighted by molar-refractivity contribution is 7.98. The highest BCUT2D eigenvalue weighted by atomic mass is 32.2. The summed E-state index contributed by atoms with van der Waals surface area (Å²) in [6.45, 7) is 10.2. The number of hydrogen-bond donors (Lipinski definition) is 5. The van der Waals surface area contributed by atoms with Crippen molar-refractivity contribution in [2.45, 2.75) is 103 Å². The fourth-order valence-electron chi connectivity index (χ4n) is 4.94. The molecule has 4 amide bonds. The number of Topliss-reactive ketones (excluding diaryl/α,β-unsaturated/α-hetero) is 1. The number of hydrogen-bond acceptors (Lipinski definition) is 8. The van der Waals surface area contributed by atoms with Crippen molar-refractivity contribution in [1.82, 2.24) is 26.6 Å². The largest absolute Gasteiger partial charge is 0.449 e. The maximum Gasteiger partial charge on any atom is 0.407 e. The minimum absolute atomic E-state index is 0.0658. The summed E-state index contributed by atoms with van der Waals surface area (Å²) in [7, 11) is 0. The Labute approximate surface area is 272 Å². The summed E-state index contributed by atoms with van der Waals surface area (Å²) in [6, 6.07) is 6.58. The second-order valence-electron chi connectivity index (χ2n) is 12.5. The molecule has 1 aliphatic rings. The van der Waals surface area contributed by atoms with E-state index in [1.165, 1.54) is 0 Å². The van der Waals surface area contributed by atoms with E-state index in [1.807, 2.05) is 71.2 Å². The van der Waals surface area contributed by atoms with E-state index in [9.17, 15) is 24.0 Å². The van der Waals surface area contributed by atoms with Gasteiger partial charge in [0.25, 0.3) is 0 Å². The lowest BCUT2D eigenvalue weighted by Gasteiger charge is -2.33. The molecule has 0 spiro atoms. The summed E-state index contributed by atoms with van der Waals surface area (Å²) in [5.74, 6) is -0.210. The molecule has 0 bridgehead atoms. The van der Waals surface area contributed by atoms with Gasteiger partial charge < -0.3 is 26.0 Å². The first-order valence-corrected chi connectivity index (χ1v) is 17.4. The maximum atomic E-state index is 13.6. The van der Waals surface area contributed by atoms with Gasteiger partial charge in [0.1, 0.15) is 18.1 Å². The van der Waals surface area contributed by atoms with Crippen LogP contribution in [0.15, 0.2) is 30.3 Å². The van der Waals surface area contributed by atoms with Gasteiger partial charge in [0.05, 0.1) is 18.7 Å². The summed E-state index contributed by atoms with van der Waals surface area (Å²) in [5.41, 5.74) is 0.882. The monoisotopic (exact) mass is 647 g/mol. The Morgan fingerprint density at radius 1 is 0.889 bits per heavy atom. The van der Waals surface area contributed by atoms with Crippen LogP contribution < -0.4 is 26.6 Å². The second kappa shape index (κ2) is 20.1. The zero-order chi connectivity index (χ0) is 33.4. The van der Waals surface area contributed by atoms with Gasteiger partial charge in [-0.2, -0.15) is 11.8 Å². The number of benzene rings is 1. The average Bonchev–Trinajstić information content (AvgIpc) is 3.00. The molecule has 45 heavy (non-hydrogen) atoms. The number of nitrogens with one attached hydrogen (secondary N) is 5. The van der Waals surface area contributed by atoms with Gasteiger partial charge in [0, 0.05) is 13.0 Å². The Kier molecular flexibility index (Phi) is 17.0. The predicted octanol–water partition coefficient (Wildman–Crippen LogP) is 2.96. The zero-order valence-electron chi connectivity index (χ0n) is 27.6. The van der Waals surface area contributed by atoms with Crippen molar-refractivity contribution in [2.24, 2.45) is 11.8 Å². The fraction of sp³-hybridized carbons (Fsp3) is 0.667. The molecular formula is C33H53N5O6S. The highest BCUT2D eigenvalue weighted by Crippen LogP contribution is 2.13. The molecule has 1 fully saturated rings.